The number of aliphatic carboxylic acids is 1. The third kappa shape index (κ3) is 3.69. The maximum absolute atomic E-state index is 13.4. The Morgan fingerprint density at radius 3 is 2.41 bits per heavy atom. The van der Waals surface area contributed by atoms with E-state index in [0.717, 1.165) is 0 Å². The number of halogens is 1. The minimum absolute atomic E-state index is 0.0352. The predicted molar refractivity (Wildman–Crippen MR) is 81.3 cm³/mol. The van der Waals surface area contributed by atoms with Crippen molar-refractivity contribution in [2.24, 2.45) is 5.92 Å². The molecule has 0 bridgehead atoms. The number of carboxylic acids is 1. The summed E-state index contributed by atoms with van der Waals surface area (Å²) in [6.07, 6.45) is 0. The van der Waals surface area contributed by atoms with E-state index in [0.29, 0.717) is 11.3 Å². The first-order valence-corrected chi connectivity index (χ1v) is 6.84. The number of carbonyl (C=O) groups is 2. The van der Waals surface area contributed by atoms with Gasteiger partial charge < -0.3 is 10.0 Å². The van der Waals surface area contributed by atoms with Gasteiger partial charge in [0.1, 0.15) is 5.82 Å². The smallest absolute Gasteiger partial charge is 0.308 e. The second kappa shape index (κ2) is 6.85. The van der Waals surface area contributed by atoms with Crippen LogP contribution in [0.5, 0.6) is 0 Å². The Labute approximate surface area is 127 Å². The van der Waals surface area contributed by atoms with E-state index < -0.39 is 17.7 Å². The molecular weight excluding hydrogens is 285 g/mol. The summed E-state index contributed by atoms with van der Waals surface area (Å²) in [5.74, 6) is -2.62. The van der Waals surface area contributed by atoms with Crippen LogP contribution in [0.1, 0.15) is 17.3 Å². The van der Waals surface area contributed by atoms with Crippen molar-refractivity contribution in [3.63, 3.8) is 0 Å². The van der Waals surface area contributed by atoms with Gasteiger partial charge in [0.05, 0.1) is 5.92 Å². The topological polar surface area (TPSA) is 57.6 Å². The molecule has 2 rings (SSSR count). The Balaban J connectivity index is 2.37. The summed E-state index contributed by atoms with van der Waals surface area (Å²) < 4.78 is 13.4. The van der Waals surface area contributed by atoms with Crippen LogP contribution >= 0.6 is 0 Å². The summed E-state index contributed by atoms with van der Waals surface area (Å²) in [7, 11) is 0. The van der Waals surface area contributed by atoms with Gasteiger partial charge in [-0.25, -0.2) is 4.39 Å². The Hall–Kier alpha value is -2.69. The molecule has 0 radical (unpaired) electrons. The van der Waals surface area contributed by atoms with Crippen molar-refractivity contribution in [3.8, 4) is 0 Å². The molecule has 0 aromatic heterocycles. The molecule has 114 valence electrons. The SMILES string of the molecule is CC(CN(C(=O)c1ccccc1)c1cccc(F)c1)C(=O)O. The Bertz CT molecular complexity index is 673. The Morgan fingerprint density at radius 2 is 1.82 bits per heavy atom. The Kier molecular flexibility index (Phi) is 4.88. The molecule has 0 aliphatic rings. The van der Waals surface area contributed by atoms with Gasteiger partial charge in [-0.3, -0.25) is 9.59 Å². The molecule has 1 N–H and O–H groups in total. The number of rotatable bonds is 5. The van der Waals surface area contributed by atoms with Crippen LogP contribution in [0, 0.1) is 11.7 Å². The van der Waals surface area contributed by atoms with Gasteiger partial charge in [0.15, 0.2) is 0 Å². The van der Waals surface area contributed by atoms with E-state index in [1.165, 1.54) is 30.0 Å². The number of amides is 1. The Morgan fingerprint density at radius 1 is 1.14 bits per heavy atom. The lowest BCUT2D eigenvalue weighted by atomic mass is 10.1. The summed E-state index contributed by atoms with van der Waals surface area (Å²) in [6, 6.07) is 14.1. The molecule has 1 atom stereocenters. The highest BCUT2D eigenvalue weighted by atomic mass is 19.1. The lowest BCUT2D eigenvalue weighted by Gasteiger charge is -2.25. The van der Waals surface area contributed by atoms with Crippen LogP contribution in [-0.2, 0) is 4.79 Å². The van der Waals surface area contributed by atoms with Crippen molar-refractivity contribution >= 4 is 17.6 Å². The molecule has 22 heavy (non-hydrogen) atoms. The first-order chi connectivity index (χ1) is 10.5. The highest BCUT2D eigenvalue weighted by Crippen LogP contribution is 2.20. The lowest BCUT2D eigenvalue weighted by molar-refractivity contribution is -0.140. The second-order valence-electron chi connectivity index (χ2n) is 5.00. The van der Waals surface area contributed by atoms with E-state index in [-0.39, 0.29) is 12.5 Å². The minimum Gasteiger partial charge on any atom is -0.481 e. The summed E-state index contributed by atoms with van der Waals surface area (Å²) in [6.45, 7) is 1.47. The van der Waals surface area contributed by atoms with Crippen LogP contribution in [-0.4, -0.2) is 23.5 Å². The normalized spacial score (nSPS) is 11.7. The molecule has 2 aromatic rings. The maximum atomic E-state index is 13.4. The van der Waals surface area contributed by atoms with Crippen molar-refractivity contribution in [1.82, 2.24) is 0 Å². The van der Waals surface area contributed by atoms with Crippen molar-refractivity contribution < 1.29 is 19.1 Å². The lowest BCUT2D eigenvalue weighted by Crippen LogP contribution is -2.37. The van der Waals surface area contributed by atoms with Crippen LogP contribution in [0.25, 0.3) is 0 Å². The van der Waals surface area contributed by atoms with Gasteiger partial charge in [-0.05, 0) is 30.3 Å². The quantitative estimate of drug-likeness (QED) is 0.922. The second-order valence-corrected chi connectivity index (χ2v) is 5.00. The van der Waals surface area contributed by atoms with E-state index in [1.807, 2.05) is 0 Å². The number of benzene rings is 2. The molecule has 1 amide bonds. The highest BCUT2D eigenvalue weighted by molar-refractivity contribution is 6.06. The number of hydrogen-bond acceptors (Lipinski definition) is 2. The molecule has 0 heterocycles. The third-order valence-corrected chi connectivity index (χ3v) is 3.26. The van der Waals surface area contributed by atoms with E-state index in [2.05, 4.69) is 0 Å². The van der Waals surface area contributed by atoms with E-state index in [4.69, 9.17) is 5.11 Å². The number of carboxylic acid groups (broad SMARTS) is 1. The fourth-order valence-electron chi connectivity index (χ4n) is 2.04. The zero-order valence-corrected chi connectivity index (χ0v) is 12.1. The molecule has 0 fully saturated rings. The number of carbonyl (C=O) groups excluding carboxylic acids is 1. The molecule has 0 aliphatic carbocycles. The van der Waals surface area contributed by atoms with Gasteiger partial charge in [0.25, 0.3) is 5.91 Å². The van der Waals surface area contributed by atoms with Crippen molar-refractivity contribution in [3.05, 3.63) is 66.0 Å². The monoisotopic (exact) mass is 301 g/mol. The van der Waals surface area contributed by atoms with E-state index in [1.54, 1.807) is 36.4 Å². The van der Waals surface area contributed by atoms with Crippen molar-refractivity contribution in [2.75, 3.05) is 11.4 Å². The average molecular weight is 301 g/mol. The number of hydrogen-bond donors (Lipinski definition) is 1. The summed E-state index contributed by atoms with van der Waals surface area (Å²) >= 11 is 0. The zero-order valence-electron chi connectivity index (χ0n) is 12.1. The van der Waals surface area contributed by atoms with Gasteiger partial charge in [-0.15, -0.1) is 0 Å². The predicted octanol–water partition coefficient (Wildman–Crippen LogP) is 3.19. The zero-order chi connectivity index (χ0) is 16.1. The molecule has 1 unspecified atom stereocenters. The third-order valence-electron chi connectivity index (χ3n) is 3.26. The van der Waals surface area contributed by atoms with Gasteiger partial charge in [0.2, 0.25) is 0 Å². The maximum Gasteiger partial charge on any atom is 0.308 e. The molecule has 0 spiro atoms. The van der Waals surface area contributed by atoms with Crippen LogP contribution < -0.4 is 4.90 Å². The van der Waals surface area contributed by atoms with Gasteiger partial charge >= 0.3 is 5.97 Å². The summed E-state index contributed by atoms with van der Waals surface area (Å²) in [5.41, 5.74) is 0.756. The van der Waals surface area contributed by atoms with E-state index in [9.17, 15) is 14.0 Å². The molecule has 0 aliphatic heterocycles. The first kappa shape index (κ1) is 15.7. The van der Waals surface area contributed by atoms with Crippen LogP contribution in [0.3, 0.4) is 0 Å². The van der Waals surface area contributed by atoms with Crippen molar-refractivity contribution in [2.45, 2.75) is 6.92 Å². The fourth-order valence-corrected chi connectivity index (χ4v) is 2.04. The first-order valence-electron chi connectivity index (χ1n) is 6.84. The average Bonchev–Trinajstić information content (AvgIpc) is 2.52. The van der Waals surface area contributed by atoms with Crippen molar-refractivity contribution in [1.29, 1.82) is 0 Å². The molecule has 5 heteroatoms. The van der Waals surface area contributed by atoms with E-state index >= 15 is 0 Å². The van der Waals surface area contributed by atoms with Crippen LogP contribution in [0.2, 0.25) is 0 Å². The molecule has 4 nitrogen and oxygen atoms in total. The van der Waals surface area contributed by atoms with Gasteiger partial charge in [0, 0.05) is 17.8 Å². The van der Waals surface area contributed by atoms with Crippen LogP contribution in [0.15, 0.2) is 54.6 Å². The minimum atomic E-state index is -1.01. The highest BCUT2D eigenvalue weighted by Gasteiger charge is 2.23. The van der Waals surface area contributed by atoms with Crippen LogP contribution in [0.4, 0.5) is 10.1 Å². The number of anilines is 1. The molecule has 0 saturated carbocycles. The van der Waals surface area contributed by atoms with Gasteiger partial charge in [-0.1, -0.05) is 31.2 Å². The molecular formula is C17H16FNO3. The molecule has 0 saturated heterocycles. The summed E-state index contributed by atoms with van der Waals surface area (Å²) in [4.78, 5) is 25.0. The summed E-state index contributed by atoms with van der Waals surface area (Å²) in [5, 5.41) is 9.07. The van der Waals surface area contributed by atoms with Gasteiger partial charge in [-0.2, -0.15) is 0 Å². The molecule has 2 aromatic carbocycles. The largest absolute Gasteiger partial charge is 0.481 e. The number of nitrogens with zero attached hydrogens (tertiary/aromatic N) is 1. The fraction of sp³-hybridized carbons (Fsp3) is 0.176. The standard InChI is InChI=1S/C17H16FNO3/c1-12(17(21)22)11-19(15-9-5-8-14(18)10-15)16(20)13-6-3-2-4-7-13/h2-10,12H,11H2,1H3,(H,21,22).